The summed E-state index contributed by atoms with van der Waals surface area (Å²) in [6.45, 7) is 3.76. The normalized spacial score (nSPS) is 17.2. The molecule has 130 valence electrons. The fraction of sp³-hybridized carbons (Fsp3) is 0.375. The Morgan fingerprint density at radius 2 is 2.08 bits per heavy atom. The lowest BCUT2D eigenvalue weighted by atomic mass is 9.94. The summed E-state index contributed by atoms with van der Waals surface area (Å²) in [6, 6.07) is 2.06. The lowest BCUT2D eigenvalue weighted by molar-refractivity contribution is -0.139. The number of allylic oxidation sites excluding steroid dienone is 1. The number of halogens is 1. The van der Waals surface area contributed by atoms with Gasteiger partial charge >= 0.3 is 12.0 Å². The van der Waals surface area contributed by atoms with E-state index < -0.39 is 18.0 Å². The topological polar surface area (TPSA) is 96.9 Å². The highest BCUT2D eigenvalue weighted by Gasteiger charge is 2.34. The molecule has 0 fully saturated rings. The number of ether oxygens (including phenoxy) is 2. The molecule has 0 radical (unpaired) electrons. The van der Waals surface area contributed by atoms with Crippen molar-refractivity contribution in [2.75, 3.05) is 13.7 Å². The third-order valence-corrected chi connectivity index (χ3v) is 4.48. The minimum Gasteiger partial charge on any atom is -0.503 e. The van der Waals surface area contributed by atoms with Crippen molar-refractivity contribution >= 4 is 27.9 Å². The zero-order chi connectivity index (χ0) is 17.9. The third-order valence-electron chi connectivity index (χ3n) is 3.64. The molecule has 1 aliphatic rings. The molecule has 3 N–H and O–H groups in total. The first kappa shape index (κ1) is 18.1. The molecule has 1 aromatic rings. The number of rotatable bonds is 5. The van der Waals surface area contributed by atoms with Gasteiger partial charge in [-0.15, -0.1) is 0 Å². The Hall–Kier alpha value is -2.22. The van der Waals surface area contributed by atoms with Crippen LogP contribution in [-0.2, 0) is 9.53 Å². The summed E-state index contributed by atoms with van der Waals surface area (Å²) < 4.78 is 10.5. The molecule has 0 bridgehead atoms. The molecule has 1 unspecified atom stereocenters. The second-order valence-corrected chi connectivity index (χ2v) is 5.81. The van der Waals surface area contributed by atoms with E-state index in [1.165, 1.54) is 7.11 Å². The molecule has 0 aromatic heterocycles. The smallest absolute Gasteiger partial charge is 0.338 e. The van der Waals surface area contributed by atoms with Gasteiger partial charge in [0.15, 0.2) is 11.5 Å². The van der Waals surface area contributed by atoms with Crippen LogP contribution in [0.4, 0.5) is 4.79 Å². The fourth-order valence-electron chi connectivity index (χ4n) is 2.53. The fourth-order valence-corrected chi connectivity index (χ4v) is 3.09. The summed E-state index contributed by atoms with van der Waals surface area (Å²) in [5, 5.41) is 15.5. The van der Waals surface area contributed by atoms with Crippen LogP contribution in [0.3, 0.4) is 0 Å². The van der Waals surface area contributed by atoms with Gasteiger partial charge in [-0.25, -0.2) is 9.59 Å². The summed E-state index contributed by atoms with van der Waals surface area (Å²) in [5.41, 5.74) is 1.32. The average molecular weight is 399 g/mol. The quantitative estimate of drug-likeness (QED) is 0.662. The van der Waals surface area contributed by atoms with Gasteiger partial charge in [-0.2, -0.15) is 0 Å². The molecule has 0 saturated carbocycles. The third kappa shape index (κ3) is 3.33. The Morgan fingerprint density at radius 3 is 2.67 bits per heavy atom. The number of phenols is 1. The van der Waals surface area contributed by atoms with Gasteiger partial charge in [0.25, 0.3) is 0 Å². The number of methoxy groups -OCH3 is 1. The highest BCUT2D eigenvalue weighted by atomic mass is 79.9. The number of aromatic hydroxyl groups is 1. The second kappa shape index (κ2) is 7.57. The summed E-state index contributed by atoms with van der Waals surface area (Å²) in [6.07, 6.45) is 0.456. The van der Waals surface area contributed by atoms with E-state index in [-0.39, 0.29) is 18.1 Å². The van der Waals surface area contributed by atoms with Gasteiger partial charge in [0, 0.05) is 5.70 Å². The molecule has 0 saturated heterocycles. The maximum absolute atomic E-state index is 12.4. The SMILES string of the molecule is CCOC(=O)C1=C(CC)NC(=O)NC1c1ccc(OC)c(O)c1Br. The predicted octanol–water partition coefficient (Wildman–Crippen LogP) is 2.74. The lowest BCUT2D eigenvalue weighted by Crippen LogP contribution is -2.46. The van der Waals surface area contributed by atoms with Gasteiger partial charge in [0.2, 0.25) is 0 Å². The van der Waals surface area contributed by atoms with E-state index in [0.29, 0.717) is 27.7 Å². The summed E-state index contributed by atoms with van der Waals surface area (Å²) in [4.78, 5) is 24.4. The molecule has 0 spiro atoms. The maximum atomic E-state index is 12.4. The second-order valence-electron chi connectivity index (χ2n) is 5.02. The van der Waals surface area contributed by atoms with Crippen LogP contribution < -0.4 is 15.4 Å². The molecule has 1 aliphatic heterocycles. The number of hydrogen-bond acceptors (Lipinski definition) is 5. The molecular weight excluding hydrogens is 380 g/mol. The molecular formula is C16H19BrN2O5. The zero-order valence-electron chi connectivity index (χ0n) is 13.6. The van der Waals surface area contributed by atoms with E-state index >= 15 is 0 Å². The number of carbonyl (C=O) groups excluding carboxylic acids is 2. The van der Waals surface area contributed by atoms with Crippen molar-refractivity contribution in [1.29, 1.82) is 0 Å². The van der Waals surface area contributed by atoms with Crippen LogP contribution in [-0.4, -0.2) is 30.8 Å². The molecule has 2 amide bonds. The van der Waals surface area contributed by atoms with Crippen LogP contribution in [0, 0.1) is 0 Å². The minimum absolute atomic E-state index is 0.107. The molecule has 7 nitrogen and oxygen atoms in total. The first-order chi connectivity index (χ1) is 11.4. The standard InChI is InChI=1S/C16H19BrN2O5/c1-4-9-11(15(21)24-5-2)13(19-16(22)18-9)8-6-7-10(23-3)14(20)12(8)17/h6-7,13,20H,4-5H2,1-3H3,(H2,18,19,22). The molecule has 8 heteroatoms. The van der Waals surface area contributed by atoms with Crippen LogP contribution in [0.5, 0.6) is 11.5 Å². The van der Waals surface area contributed by atoms with E-state index in [2.05, 4.69) is 26.6 Å². The highest BCUT2D eigenvalue weighted by Crippen LogP contribution is 2.41. The van der Waals surface area contributed by atoms with Crippen molar-refractivity contribution in [2.45, 2.75) is 26.3 Å². The molecule has 0 aliphatic carbocycles. The molecule has 1 aromatic carbocycles. The molecule has 1 heterocycles. The van der Waals surface area contributed by atoms with Gasteiger partial charge in [0.1, 0.15) is 0 Å². The summed E-state index contributed by atoms with van der Waals surface area (Å²) in [5.74, 6) is -0.346. The first-order valence-corrected chi connectivity index (χ1v) is 8.26. The van der Waals surface area contributed by atoms with Crippen molar-refractivity contribution in [1.82, 2.24) is 10.6 Å². The molecule has 1 atom stereocenters. The number of amides is 2. The Kier molecular flexibility index (Phi) is 5.71. The Morgan fingerprint density at radius 1 is 1.38 bits per heavy atom. The van der Waals surface area contributed by atoms with Crippen LogP contribution >= 0.6 is 15.9 Å². The van der Waals surface area contributed by atoms with Gasteiger partial charge < -0.3 is 25.2 Å². The van der Waals surface area contributed by atoms with Crippen LogP contribution in [0.1, 0.15) is 31.9 Å². The Balaban J connectivity index is 2.59. The highest BCUT2D eigenvalue weighted by molar-refractivity contribution is 9.10. The number of nitrogens with one attached hydrogen (secondary N) is 2. The van der Waals surface area contributed by atoms with Crippen LogP contribution in [0.25, 0.3) is 0 Å². The van der Waals surface area contributed by atoms with E-state index in [9.17, 15) is 14.7 Å². The average Bonchev–Trinajstić information content (AvgIpc) is 2.56. The van der Waals surface area contributed by atoms with Crippen molar-refractivity contribution in [3.8, 4) is 11.5 Å². The van der Waals surface area contributed by atoms with Gasteiger partial charge in [-0.05, 0) is 40.9 Å². The molecule has 2 rings (SSSR count). The Labute approximate surface area is 148 Å². The van der Waals surface area contributed by atoms with Gasteiger partial charge in [0.05, 0.1) is 29.8 Å². The minimum atomic E-state index is -0.751. The van der Waals surface area contributed by atoms with E-state index in [1.54, 1.807) is 19.1 Å². The van der Waals surface area contributed by atoms with Crippen molar-refractivity contribution in [3.05, 3.63) is 33.4 Å². The van der Waals surface area contributed by atoms with Crippen LogP contribution in [0.15, 0.2) is 27.9 Å². The first-order valence-electron chi connectivity index (χ1n) is 7.47. The van der Waals surface area contributed by atoms with E-state index in [1.807, 2.05) is 6.92 Å². The van der Waals surface area contributed by atoms with Crippen molar-refractivity contribution in [2.24, 2.45) is 0 Å². The van der Waals surface area contributed by atoms with Gasteiger partial charge in [-0.3, -0.25) is 0 Å². The number of hydrogen-bond donors (Lipinski definition) is 3. The van der Waals surface area contributed by atoms with E-state index in [0.717, 1.165) is 0 Å². The number of benzene rings is 1. The number of phenolic OH excluding ortho intramolecular Hbond substituents is 1. The maximum Gasteiger partial charge on any atom is 0.338 e. The summed E-state index contributed by atoms with van der Waals surface area (Å²) >= 11 is 3.31. The molecule has 24 heavy (non-hydrogen) atoms. The number of carbonyl (C=O) groups is 2. The van der Waals surface area contributed by atoms with E-state index in [4.69, 9.17) is 9.47 Å². The number of urea groups is 1. The number of esters is 1. The Bertz CT molecular complexity index is 702. The van der Waals surface area contributed by atoms with Gasteiger partial charge in [-0.1, -0.05) is 13.0 Å². The largest absolute Gasteiger partial charge is 0.503 e. The van der Waals surface area contributed by atoms with Crippen molar-refractivity contribution < 1.29 is 24.2 Å². The van der Waals surface area contributed by atoms with Crippen LogP contribution in [0.2, 0.25) is 0 Å². The summed E-state index contributed by atoms with van der Waals surface area (Å²) in [7, 11) is 1.44. The predicted molar refractivity (Wildman–Crippen MR) is 90.7 cm³/mol. The zero-order valence-corrected chi connectivity index (χ0v) is 15.2. The monoisotopic (exact) mass is 398 g/mol. The lowest BCUT2D eigenvalue weighted by Gasteiger charge is -2.29. The van der Waals surface area contributed by atoms with Crippen molar-refractivity contribution in [3.63, 3.8) is 0 Å².